The quantitative estimate of drug-likeness (QED) is 0.230. The lowest BCUT2D eigenvalue weighted by Crippen LogP contribution is -2.38. The van der Waals surface area contributed by atoms with E-state index in [1.165, 1.54) is 31.4 Å². The molecule has 0 spiro atoms. The van der Waals surface area contributed by atoms with Crippen LogP contribution in [-0.2, 0) is 6.54 Å². The predicted octanol–water partition coefficient (Wildman–Crippen LogP) is 5.90. The molecule has 1 saturated heterocycles. The Hall–Kier alpha value is -5.45. The molecule has 1 aliphatic heterocycles. The zero-order chi connectivity index (χ0) is 31.8. The van der Waals surface area contributed by atoms with Gasteiger partial charge in [0.2, 0.25) is 0 Å². The summed E-state index contributed by atoms with van der Waals surface area (Å²) in [4.78, 5) is 43.1. The summed E-state index contributed by atoms with van der Waals surface area (Å²) in [6, 6.07) is 23.2. The molecular weight excluding hydrogens is 580 g/mol. The van der Waals surface area contributed by atoms with E-state index >= 15 is 0 Å². The lowest BCUT2D eigenvalue weighted by molar-refractivity contribution is 0.0950. The maximum atomic E-state index is 14.1. The lowest BCUT2D eigenvalue weighted by atomic mass is 10.1. The molecule has 4 aromatic carbocycles. The van der Waals surface area contributed by atoms with Crippen molar-refractivity contribution in [2.24, 2.45) is 0 Å². The summed E-state index contributed by atoms with van der Waals surface area (Å²) in [6.45, 7) is 1.92. The van der Waals surface area contributed by atoms with Gasteiger partial charge in [-0.05, 0) is 72.6 Å². The molecule has 0 bridgehead atoms. The van der Waals surface area contributed by atoms with Crippen molar-refractivity contribution in [2.75, 3.05) is 48.8 Å². The largest absolute Gasteiger partial charge is 0.497 e. The summed E-state index contributed by atoms with van der Waals surface area (Å²) in [5, 5.41) is 8.37. The number of amides is 4. The number of carbonyl (C=O) groups excluding carboxylic acids is 3. The highest BCUT2D eigenvalue weighted by atomic mass is 19.1. The summed E-state index contributed by atoms with van der Waals surface area (Å²) in [6.07, 6.45) is 0.607. The Balaban J connectivity index is 1.35. The molecule has 45 heavy (non-hydrogen) atoms. The van der Waals surface area contributed by atoms with Gasteiger partial charge in [0, 0.05) is 49.7 Å². The second-order valence-corrected chi connectivity index (χ2v) is 10.5. The van der Waals surface area contributed by atoms with E-state index in [9.17, 15) is 23.2 Å². The molecule has 0 aromatic heterocycles. The molecule has 9 nitrogen and oxygen atoms in total. The van der Waals surface area contributed by atoms with E-state index in [4.69, 9.17) is 4.74 Å². The summed E-state index contributed by atoms with van der Waals surface area (Å²) >= 11 is 0. The topological polar surface area (TPSA) is 103 Å². The van der Waals surface area contributed by atoms with Crippen LogP contribution in [0.15, 0.2) is 91.0 Å². The summed E-state index contributed by atoms with van der Waals surface area (Å²) in [7, 11) is 1.52. The van der Waals surface area contributed by atoms with Gasteiger partial charge in [-0.1, -0.05) is 30.3 Å². The van der Waals surface area contributed by atoms with Crippen molar-refractivity contribution in [3.8, 4) is 5.75 Å². The van der Waals surface area contributed by atoms with E-state index in [1.54, 1.807) is 71.6 Å². The first kappa shape index (κ1) is 31.0. The van der Waals surface area contributed by atoms with Crippen molar-refractivity contribution >= 4 is 34.9 Å². The average Bonchev–Trinajstić information content (AvgIpc) is 3.32. The maximum absolute atomic E-state index is 14.1. The third-order valence-corrected chi connectivity index (χ3v) is 7.44. The highest BCUT2D eigenvalue weighted by molar-refractivity contribution is 6.06. The highest BCUT2D eigenvalue weighted by Crippen LogP contribution is 2.27. The number of nitrogens with one attached hydrogen (secondary N) is 3. The van der Waals surface area contributed by atoms with Crippen molar-refractivity contribution < 1.29 is 27.9 Å². The lowest BCUT2D eigenvalue weighted by Gasteiger charge is -2.26. The molecule has 3 N–H and O–H groups in total. The Morgan fingerprint density at radius 1 is 0.800 bits per heavy atom. The van der Waals surface area contributed by atoms with Crippen LogP contribution < -0.4 is 25.6 Å². The SMILES string of the molecule is COc1cccc(C(=O)Nc2ccc(N3CCCN(C(=O)Nc4ccccc4F)CC3)c(C(=O)NCc3ccc(F)cc3)c2)c1. The first-order valence-electron chi connectivity index (χ1n) is 14.5. The Morgan fingerprint density at radius 2 is 1.60 bits per heavy atom. The number of carbonyl (C=O) groups is 3. The average molecular weight is 614 g/mol. The Kier molecular flexibility index (Phi) is 9.88. The van der Waals surface area contributed by atoms with Gasteiger partial charge in [0.25, 0.3) is 11.8 Å². The normalized spacial score (nSPS) is 13.0. The molecule has 232 valence electrons. The number of para-hydroxylation sites is 1. The van der Waals surface area contributed by atoms with Gasteiger partial charge >= 0.3 is 6.03 Å². The van der Waals surface area contributed by atoms with Gasteiger partial charge in [0.05, 0.1) is 18.4 Å². The van der Waals surface area contributed by atoms with Gasteiger partial charge in [0.15, 0.2) is 0 Å². The number of ether oxygens (including phenoxy) is 1. The van der Waals surface area contributed by atoms with Gasteiger partial charge < -0.3 is 30.5 Å². The number of benzene rings is 4. The molecule has 5 rings (SSSR count). The highest BCUT2D eigenvalue weighted by Gasteiger charge is 2.24. The van der Waals surface area contributed by atoms with Crippen molar-refractivity contribution in [3.63, 3.8) is 0 Å². The molecule has 0 unspecified atom stereocenters. The van der Waals surface area contributed by atoms with E-state index in [1.807, 2.05) is 4.90 Å². The van der Waals surface area contributed by atoms with Crippen LogP contribution >= 0.6 is 0 Å². The molecular formula is C34H33F2N5O4. The van der Waals surface area contributed by atoms with Crippen LogP contribution in [0.1, 0.15) is 32.7 Å². The summed E-state index contributed by atoms with van der Waals surface area (Å²) < 4.78 is 32.7. The fraction of sp³-hybridized carbons (Fsp3) is 0.206. The fourth-order valence-electron chi connectivity index (χ4n) is 5.04. The summed E-state index contributed by atoms with van der Waals surface area (Å²) in [5.41, 5.74) is 2.59. The molecule has 0 atom stereocenters. The van der Waals surface area contributed by atoms with Crippen LogP contribution in [0.5, 0.6) is 5.75 Å². The number of nitrogens with zero attached hydrogens (tertiary/aromatic N) is 2. The zero-order valence-corrected chi connectivity index (χ0v) is 24.7. The van der Waals surface area contributed by atoms with E-state index in [0.29, 0.717) is 60.9 Å². The van der Waals surface area contributed by atoms with Crippen LogP contribution in [0, 0.1) is 11.6 Å². The Bertz CT molecular complexity index is 1680. The van der Waals surface area contributed by atoms with Crippen molar-refractivity contribution in [3.05, 3.63) is 119 Å². The molecule has 0 radical (unpaired) electrons. The van der Waals surface area contributed by atoms with E-state index in [2.05, 4.69) is 16.0 Å². The molecule has 0 saturated carbocycles. The van der Waals surface area contributed by atoms with E-state index in [-0.39, 0.29) is 29.9 Å². The van der Waals surface area contributed by atoms with Gasteiger partial charge in [-0.3, -0.25) is 9.59 Å². The van der Waals surface area contributed by atoms with E-state index < -0.39 is 11.8 Å². The van der Waals surface area contributed by atoms with Crippen LogP contribution in [0.25, 0.3) is 0 Å². The van der Waals surface area contributed by atoms with Gasteiger partial charge in [-0.2, -0.15) is 0 Å². The van der Waals surface area contributed by atoms with Crippen molar-refractivity contribution in [2.45, 2.75) is 13.0 Å². The van der Waals surface area contributed by atoms with Crippen LogP contribution in [0.2, 0.25) is 0 Å². The minimum Gasteiger partial charge on any atom is -0.497 e. The predicted molar refractivity (Wildman–Crippen MR) is 169 cm³/mol. The zero-order valence-electron chi connectivity index (χ0n) is 24.7. The Morgan fingerprint density at radius 3 is 2.38 bits per heavy atom. The minimum atomic E-state index is -0.517. The number of hydrogen-bond acceptors (Lipinski definition) is 5. The molecule has 4 amide bonds. The van der Waals surface area contributed by atoms with Gasteiger partial charge in [0.1, 0.15) is 17.4 Å². The van der Waals surface area contributed by atoms with Crippen LogP contribution in [0.3, 0.4) is 0 Å². The number of methoxy groups -OCH3 is 1. The van der Waals surface area contributed by atoms with Crippen molar-refractivity contribution in [1.82, 2.24) is 10.2 Å². The first-order chi connectivity index (χ1) is 21.8. The van der Waals surface area contributed by atoms with Gasteiger partial charge in [-0.25, -0.2) is 13.6 Å². The molecule has 11 heteroatoms. The molecule has 1 aliphatic rings. The molecule has 1 heterocycles. The van der Waals surface area contributed by atoms with Crippen LogP contribution in [0.4, 0.5) is 30.6 Å². The number of anilines is 3. The second kappa shape index (κ2) is 14.3. The standard InChI is InChI=1S/C34H33F2N5O4/c1-45-27-7-4-6-24(20-27)32(42)38-26-14-15-31(28(21-26)33(43)37-22-23-10-12-25(35)13-11-23)40-16-5-17-41(19-18-40)34(44)39-30-9-3-2-8-29(30)36/h2-4,6-15,20-21H,5,16-19,22H2,1H3,(H,37,43)(H,38,42)(H,39,44). The molecule has 4 aromatic rings. The fourth-order valence-corrected chi connectivity index (χ4v) is 5.04. The number of urea groups is 1. The van der Waals surface area contributed by atoms with Crippen molar-refractivity contribution in [1.29, 1.82) is 0 Å². The number of halogens is 2. The van der Waals surface area contributed by atoms with E-state index in [0.717, 1.165) is 5.56 Å². The smallest absolute Gasteiger partial charge is 0.321 e. The maximum Gasteiger partial charge on any atom is 0.321 e. The number of rotatable bonds is 8. The van der Waals surface area contributed by atoms with Gasteiger partial charge in [-0.15, -0.1) is 0 Å². The third-order valence-electron chi connectivity index (χ3n) is 7.44. The first-order valence-corrected chi connectivity index (χ1v) is 14.5. The molecule has 1 fully saturated rings. The minimum absolute atomic E-state index is 0.107. The molecule has 0 aliphatic carbocycles. The second-order valence-electron chi connectivity index (χ2n) is 10.5. The Labute approximate surface area is 259 Å². The monoisotopic (exact) mass is 613 g/mol. The number of hydrogen-bond donors (Lipinski definition) is 3. The third kappa shape index (κ3) is 7.94. The van der Waals surface area contributed by atoms with Crippen LogP contribution in [-0.4, -0.2) is 56.0 Å². The summed E-state index contributed by atoms with van der Waals surface area (Å²) in [5.74, 6) is -1.10.